The van der Waals surface area contributed by atoms with Crippen LogP contribution in [0.15, 0.2) is 5.38 Å². The van der Waals surface area contributed by atoms with Crippen LogP contribution in [0.2, 0.25) is 0 Å². The molecule has 1 aromatic heterocycles. The van der Waals surface area contributed by atoms with Crippen molar-refractivity contribution in [1.29, 1.82) is 0 Å². The second-order valence-electron chi connectivity index (χ2n) is 6.86. The van der Waals surface area contributed by atoms with Gasteiger partial charge in [0.05, 0.1) is 19.0 Å². The van der Waals surface area contributed by atoms with E-state index in [9.17, 15) is 9.59 Å². The fourth-order valence-corrected chi connectivity index (χ4v) is 3.59. The van der Waals surface area contributed by atoms with Crippen LogP contribution in [-0.4, -0.2) is 59.3 Å². The molecule has 2 amide bonds. The van der Waals surface area contributed by atoms with E-state index in [0.29, 0.717) is 19.0 Å². The molecule has 6 nitrogen and oxygen atoms in total. The lowest BCUT2D eigenvalue weighted by atomic mass is 10.1. The van der Waals surface area contributed by atoms with Gasteiger partial charge >= 0.3 is 0 Å². The Morgan fingerprint density at radius 3 is 2.92 bits per heavy atom. The van der Waals surface area contributed by atoms with Crippen LogP contribution in [0.25, 0.3) is 0 Å². The number of carbonyl (C=O) groups excluding carboxylic acids is 2. The van der Waals surface area contributed by atoms with E-state index in [1.165, 1.54) is 0 Å². The fraction of sp³-hybridized carbons (Fsp3) is 0.706. The Balaban J connectivity index is 1.94. The summed E-state index contributed by atoms with van der Waals surface area (Å²) >= 11 is 1.56. The third-order valence-electron chi connectivity index (χ3n) is 4.27. The molecule has 1 aliphatic heterocycles. The predicted molar refractivity (Wildman–Crippen MR) is 95.8 cm³/mol. The second-order valence-corrected chi connectivity index (χ2v) is 7.80. The van der Waals surface area contributed by atoms with Crippen molar-refractivity contribution in [2.24, 2.45) is 5.92 Å². The van der Waals surface area contributed by atoms with Crippen molar-refractivity contribution in [2.45, 2.75) is 46.2 Å². The minimum atomic E-state index is -0.356. The molecule has 24 heavy (non-hydrogen) atoms. The summed E-state index contributed by atoms with van der Waals surface area (Å²) in [7, 11) is 1.78. The van der Waals surface area contributed by atoms with Crippen molar-refractivity contribution in [3.05, 3.63) is 16.1 Å². The van der Waals surface area contributed by atoms with Crippen LogP contribution in [0.4, 0.5) is 0 Å². The normalized spacial score (nSPS) is 18.7. The van der Waals surface area contributed by atoms with Gasteiger partial charge in [-0.25, -0.2) is 4.98 Å². The van der Waals surface area contributed by atoms with Gasteiger partial charge in [-0.1, -0.05) is 13.8 Å². The standard InChI is InChI=1S/C17H28N4O2S/c1-12(2)5-7-21-8-6-18-17(23)14(21)9-16(22)20(4)10-15-19-13(3)11-24-15/h11-12,14H,5-10H2,1-4H3,(H,18,23). The molecule has 2 heterocycles. The van der Waals surface area contributed by atoms with E-state index in [1.54, 1.807) is 23.3 Å². The van der Waals surface area contributed by atoms with E-state index < -0.39 is 0 Å². The topological polar surface area (TPSA) is 65.5 Å². The molecule has 1 saturated heterocycles. The summed E-state index contributed by atoms with van der Waals surface area (Å²) in [5, 5.41) is 5.79. The molecule has 1 aliphatic rings. The molecule has 2 rings (SSSR count). The number of piperazine rings is 1. The molecular weight excluding hydrogens is 324 g/mol. The van der Waals surface area contributed by atoms with Gasteiger partial charge in [0, 0.05) is 31.2 Å². The number of thiazole rings is 1. The van der Waals surface area contributed by atoms with E-state index in [2.05, 4.69) is 29.0 Å². The van der Waals surface area contributed by atoms with E-state index in [4.69, 9.17) is 0 Å². The minimum absolute atomic E-state index is 0.0144. The lowest BCUT2D eigenvalue weighted by molar-refractivity contribution is -0.138. The summed E-state index contributed by atoms with van der Waals surface area (Å²) in [4.78, 5) is 33.0. The average Bonchev–Trinajstić information content (AvgIpc) is 2.92. The van der Waals surface area contributed by atoms with Gasteiger partial charge in [-0.05, 0) is 25.8 Å². The molecule has 0 bridgehead atoms. The Morgan fingerprint density at radius 2 is 2.29 bits per heavy atom. The monoisotopic (exact) mass is 352 g/mol. The van der Waals surface area contributed by atoms with Gasteiger partial charge in [-0.2, -0.15) is 0 Å². The highest BCUT2D eigenvalue weighted by Crippen LogP contribution is 2.15. The minimum Gasteiger partial charge on any atom is -0.353 e. The van der Waals surface area contributed by atoms with Crippen LogP contribution in [0.5, 0.6) is 0 Å². The number of nitrogens with one attached hydrogen (secondary N) is 1. The smallest absolute Gasteiger partial charge is 0.237 e. The third-order valence-corrected chi connectivity index (χ3v) is 5.22. The highest BCUT2D eigenvalue weighted by molar-refractivity contribution is 7.09. The van der Waals surface area contributed by atoms with Gasteiger partial charge in [0.15, 0.2) is 0 Å². The number of carbonyl (C=O) groups is 2. The Kier molecular flexibility index (Phi) is 6.74. The summed E-state index contributed by atoms with van der Waals surface area (Å²) in [6.07, 6.45) is 1.26. The van der Waals surface area contributed by atoms with Crippen molar-refractivity contribution in [3.63, 3.8) is 0 Å². The van der Waals surface area contributed by atoms with Gasteiger partial charge < -0.3 is 10.2 Å². The van der Waals surface area contributed by atoms with E-state index in [1.807, 2.05) is 12.3 Å². The Labute approximate surface area is 148 Å². The molecule has 7 heteroatoms. The molecular formula is C17H28N4O2S. The number of aryl methyl sites for hydroxylation is 1. The number of rotatable bonds is 7. The number of nitrogens with zero attached hydrogens (tertiary/aromatic N) is 3. The summed E-state index contributed by atoms with van der Waals surface area (Å²) < 4.78 is 0. The van der Waals surface area contributed by atoms with Crippen LogP contribution in [0.3, 0.4) is 0 Å². The molecule has 0 saturated carbocycles. The summed E-state index contributed by atoms with van der Waals surface area (Å²) in [6, 6.07) is -0.356. The van der Waals surface area contributed by atoms with Gasteiger partial charge in [0.1, 0.15) is 5.01 Å². The van der Waals surface area contributed by atoms with Gasteiger partial charge in [0.25, 0.3) is 0 Å². The molecule has 0 aromatic carbocycles. The maximum atomic E-state index is 12.5. The first-order chi connectivity index (χ1) is 11.4. The molecule has 134 valence electrons. The third kappa shape index (κ3) is 5.27. The quantitative estimate of drug-likeness (QED) is 0.810. The van der Waals surface area contributed by atoms with Crippen LogP contribution >= 0.6 is 11.3 Å². The molecule has 0 radical (unpaired) electrons. The first-order valence-corrected chi connectivity index (χ1v) is 9.41. The molecule has 1 fully saturated rings. The molecule has 1 N–H and O–H groups in total. The second kappa shape index (κ2) is 8.58. The molecule has 0 spiro atoms. The van der Waals surface area contributed by atoms with Gasteiger partial charge in [-0.15, -0.1) is 11.3 Å². The van der Waals surface area contributed by atoms with Gasteiger partial charge in [-0.3, -0.25) is 14.5 Å². The number of hydrogen-bond acceptors (Lipinski definition) is 5. The maximum Gasteiger partial charge on any atom is 0.237 e. The molecule has 1 aromatic rings. The van der Waals surface area contributed by atoms with E-state index >= 15 is 0 Å². The highest BCUT2D eigenvalue weighted by atomic mass is 32.1. The summed E-state index contributed by atoms with van der Waals surface area (Å²) in [5.74, 6) is 0.540. The number of amides is 2. The lowest BCUT2D eigenvalue weighted by Gasteiger charge is -2.35. The summed E-state index contributed by atoms with van der Waals surface area (Å²) in [5.41, 5.74) is 0.974. The predicted octanol–water partition coefficient (Wildman–Crippen LogP) is 1.65. The Morgan fingerprint density at radius 1 is 1.54 bits per heavy atom. The first-order valence-electron chi connectivity index (χ1n) is 8.53. The average molecular weight is 353 g/mol. The fourth-order valence-electron chi connectivity index (χ4n) is 2.76. The van der Waals surface area contributed by atoms with Crippen molar-refractivity contribution in [3.8, 4) is 0 Å². The van der Waals surface area contributed by atoms with Crippen molar-refractivity contribution < 1.29 is 9.59 Å². The van der Waals surface area contributed by atoms with Gasteiger partial charge in [0.2, 0.25) is 11.8 Å². The van der Waals surface area contributed by atoms with Crippen LogP contribution in [0, 0.1) is 12.8 Å². The van der Waals surface area contributed by atoms with Crippen molar-refractivity contribution >= 4 is 23.2 Å². The zero-order valence-corrected chi connectivity index (χ0v) is 15.9. The van der Waals surface area contributed by atoms with E-state index in [0.717, 1.165) is 30.2 Å². The van der Waals surface area contributed by atoms with Crippen LogP contribution in [-0.2, 0) is 16.1 Å². The van der Waals surface area contributed by atoms with Crippen molar-refractivity contribution in [2.75, 3.05) is 26.7 Å². The van der Waals surface area contributed by atoms with E-state index in [-0.39, 0.29) is 24.3 Å². The maximum absolute atomic E-state index is 12.5. The lowest BCUT2D eigenvalue weighted by Crippen LogP contribution is -2.56. The van der Waals surface area contributed by atoms with Crippen molar-refractivity contribution in [1.82, 2.24) is 20.1 Å². The first kappa shape index (κ1) is 18.9. The highest BCUT2D eigenvalue weighted by Gasteiger charge is 2.32. The zero-order valence-electron chi connectivity index (χ0n) is 15.0. The SMILES string of the molecule is Cc1csc(CN(C)C(=O)CC2C(=O)NCCN2CCC(C)C)n1. The molecule has 1 atom stereocenters. The molecule has 1 unspecified atom stereocenters. The number of aromatic nitrogens is 1. The Hall–Kier alpha value is -1.47. The largest absolute Gasteiger partial charge is 0.353 e. The van der Waals surface area contributed by atoms with Crippen LogP contribution in [0.1, 0.15) is 37.4 Å². The zero-order chi connectivity index (χ0) is 17.7. The van der Waals surface area contributed by atoms with Crippen LogP contribution < -0.4 is 5.32 Å². The summed E-state index contributed by atoms with van der Waals surface area (Å²) in [6.45, 7) is 9.13. The Bertz CT molecular complexity index is 573. The molecule has 0 aliphatic carbocycles. The number of hydrogen-bond donors (Lipinski definition) is 1.